The maximum Gasteiger partial charge on any atom is 0.289 e. The highest BCUT2D eigenvalue weighted by molar-refractivity contribution is 6.33. The first-order valence-corrected chi connectivity index (χ1v) is 6.74. The van der Waals surface area contributed by atoms with E-state index < -0.39 is 4.92 Å². The molecule has 2 aromatic rings. The van der Waals surface area contributed by atoms with E-state index in [0.717, 1.165) is 11.1 Å². The molecule has 3 rings (SSSR count). The van der Waals surface area contributed by atoms with E-state index in [4.69, 9.17) is 11.6 Å². The lowest BCUT2D eigenvalue weighted by atomic mass is 10.00. The molecule has 21 heavy (non-hydrogen) atoms. The molecule has 1 aliphatic heterocycles. The van der Waals surface area contributed by atoms with Crippen LogP contribution in [-0.2, 0) is 13.0 Å². The van der Waals surface area contributed by atoms with Crippen LogP contribution in [0.15, 0.2) is 30.5 Å². The molecule has 0 aliphatic carbocycles. The number of anilines is 1. The molecule has 0 spiro atoms. The van der Waals surface area contributed by atoms with Gasteiger partial charge in [0.15, 0.2) is 0 Å². The van der Waals surface area contributed by atoms with Crippen LogP contribution in [0.3, 0.4) is 0 Å². The summed E-state index contributed by atoms with van der Waals surface area (Å²) in [5, 5.41) is 10.9. The van der Waals surface area contributed by atoms with E-state index in [9.17, 15) is 14.5 Å². The summed E-state index contributed by atoms with van der Waals surface area (Å²) in [6.07, 6.45) is 1.88. The molecule has 0 atom stereocenters. The fraction of sp³-hybridized carbons (Fsp3) is 0.214. The van der Waals surface area contributed by atoms with Gasteiger partial charge in [0.1, 0.15) is 17.8 Å². The Bertz CT molecular complexity index is 723. The van der Waals surface area contributed by atoms with Crippen LogP contribution in [0, 0.1) is 15.9 Å². The Balaban J connectivity index is 1.89. The molecule has 108 valence electrons. The van der Waals surface area contributed by atoms with Crippen LogP contribution in [0.5, 0.6) is 0 Å². The Kier molecular flexibility index (Phi) is 3.47. The Hall–Kier alpha value is -2.21. The van der Waals surface area contributed by atoms with Crippen molar-refractivity contribution in [1.29, 1.82) is 0 Å². The summed E-state index contributed by atoms with van der Waals surface area (Å²) in [6.45, 7) is 1.20. The molecule has 5 nitrogen and oxygen atoms in total. The molecule has 7 heteroatoms. The van der Waals surface area contributed by atoms with Gasteiger partial charge in [-0.25, -0.2) is 9.37 Å². The largest absolute Gasteiger partial charge is 0.351 e. The number of fused-ring (bicyclic) bond motifs is 1. The van der Waals surface area contributed by atoms with Gasteiger partial charge in [-0.3, -0.25) is 10.1 Å². The molecule has 2 heterocycles. The number of hydrogen-bond donors (Lipinski definition) is 0. The first-order valence-electron chi connectivity index (χ1n) is 6.37. The second-order valence-electron chi connectivity index (χ2n) is 4.84. The summed E-state index contributed by atoms with van der Waals surface area (Å²) in [7, 11) is 0. The van der Waals surface area contributed by atoms with Crippen LogP contribution in [0.2, 0.25) is 5.02 Å². The molecule has 0 unspecified atom stereocenters. The molecule has 0 bridgehead atoms. The first kappa shape index (κ1) is 13.8. The fourth-order valence-corrected chi connectivity index (χ4v) is 2.74. The van der Waals surface area contributed by atoms with E-state index in [2.05, 4.69) is 4.98 Å². The van der Waals surface area contributed by atoms with Crippen LogP contribution in [0.4, 0.5) is 15.9 Å². The zero-order chi connectivity index (χ0) is 15.0. The normalized spacial score (nSPS) is 13.9. The highest BCUT2D eigenvalue weighted by Crippen LogP contribution is 2.30. The zero-order valence-electron chi connectivity index (χ0n) is 10.9. The van der Waals surface area contributed by atoms with Crippen molar-refractivity contribution in [3.05, 3.63) is 62.5 Å². The third kappa shape index (κ3) is 2.67. The van der Waals surface area contributed by atoms with Gasteiger partial charge in [0.2, 0.25) is 0 Å². The van der Waals surface area contributed by atoms with Gasteiger partial charge in [-0.05, 0) is 29.7 Å². The van der Waals surface area contributed by atoms with Crippen LogP contribution in [-0.4, -0.2) is 16.5 Å². The number of halogens is 2. The maximum absolute atomic E-state index is 13.2. The van der Waals surface area contributed by atoms with Crippen molar-refractivity contribution >= 4 is 23.1 Å². The average Bonchev–Trinajstić information content (AvgIpc) is 2.46. The lowest BCUT2D eigenvalue weighted by Crippen LogP contribution is -2.31. The minimum atomic E-state index is -0.531. The summed E-state index contributed by atoms with van der Waals surface area (Å²) in [4.78, 5) is 16.2. The summed E-state index contributed by atoms with van der Waals surface area (Å²) in [5.41, 5.74) is 1.85. The molecular formula is C14H11ClFN3O2. The van der Waals surface area contributed by atoms with E-state index in [1.54, 1.807) is 6.07 Å². The number of rotatable bonds is 2. The second-order valence-corrected chi connectivity index (χ2v) is 5.25. The second kappa shape index (κ2) is 5.29. The quantitative estimate of drug-likeness (QED) is 0.630. The number of aromatic nitrogens is 1. The summed E-state index contributed by atoms with van der Waals surface area (Å²) in [5.74, 6) is 0.269. The number of pyridine rings is 1. The third-order valence-electron chi connectivity index (χ3n) is 3.50. The van der Waals surface area contributed by atoms with E-state index in [-0.39, 0.29) is 16.5 Å². The van der Waals surface area contributed by atoms with Crippen molar-refractivity contribution in [2.75, 3.05) is 11.4 Å². The van der Waals surface area contributed by atoms with E-state index in [1.807, 2.05) is 4.90 Å². The van der Waals surface area contributed by atoms with Gasteiger partial charge in [0.25, 0.3) is 5.69 Å². The van der Waals surface area contributed by atoms with Crippen LogP contribution in [0.1, 0.15) is 11.1 Å². The predicted octanol–water partition coefficient (Wildman–Crippen LogP) is 3.35. The van der Waals surface area contributed by atoms with Crippen molar-refractivity contribution in [2.24, 2.45) is 0 Å². The Morgan fingerprint density at radius 1 is 1.33 bits per heavy atom. The molecule has 1 aliphatic rings. The molecule has 0 saturated carbocycles. The summed E-state index contributed by atoms with van der Waals surface area (Å²) in [6, 6.07) is 6.00. The maximum atomic E-state index is 13.2. The van der Waals surface area contributed by atoms with Crippen molar-refractivity contribution in [2.45, 2.75) is 13.0 Å². The lowest BCUT2D eigenvalue weighted by Gasteiger charge is -2.30. The van der Waals surface area contributed by atoms with Crippen LogP contribution >= 0.6 is 11.6 Å². The van der Waals surface area contributed by atoms with Gasteiger partial charge in [0.05, 0.1) is 9.95 Å². The third-order valence-corrected chi connectivity index (χ3v) is 3.78. The Morgan fingerprint density at radius 2 is 2.14 bits per heavy atom. The van der Waals surface area contributed by atoms with Crippen molar-refractivity contribution in [3.8, 4) is 0 Å². The number of benzene rings is 1. The topological polar surface area (TPSA) is 59.3 Å². The molecule has 0 amide bonds. The van der Waals surface area contributed by atoms with E-state index in [1.165, 1.54) is 24.4 Å². The Morgan fingerprint density at radius 3 is 2.86 bits per heavy atom. The number of nitrogens with zero attached hydrogens (tertiary/aromatic N) is 3. The smallest absolute Gasteiger partial charge is 0.289 e. The van der Waals surface area contributed by atoms with Gasteiger partial charge in [-0.1, -0.05) is 17.7 Å². The Labute approximate surface area is 125 Å². The van der Waals surface area contributed by atoms with Crippen LogP contribution < -0.4 is 4.90 Å². The average molecular weight is 308 g/mol. The van der Waals surface area contributed by atoms with Gasteiger partial charge >= 0.3 is 0 Å². The summed E-state index contributed by atoms with van der Waals surface area (Å²) >= 11 is 6.09. The monoisotopic (exact) mass is 307 g/mol. The zero-order valence-corrected chi connectivity index (χ0v) is 11.7. The first-order chi connectivity index (χ1) is 10.0. The van der Waals surface area contributed by atoms with Gasteiger partial charge in [-0.2, -0.15) is 0 Å². The fourth-order valence-electron chi connectivity index (χ4n) is 2.46. The van der Waals surface area contributed by atoms with Crippen LogP contribution in [0.25, 0.3) is 0 Å². The molecule has 0 radical (unpaired) electrons. The lowest BCUT2D eigenvalue weighted by molar-refractivity contribution is -0.385. The van der Waals surface area contributed by atoms with Gasteiger partial charge in [0, 0.05) is 19.2 Å². The molecule has 0 fully saturated rings. The van der Waals surface area contributed by atoms with E-state index in [0.29, 0.717) is 25.3 Å². The molecule has 1 aromatic carbocycles. The molecular weight excluding hydrogens is 297 g/mol. The van der Waals surface area contributed by atoms with Crippen molar-refractivity contribution < 1.29 is 9.31 Å². The van der Waals surface area contributed by atoms with Crippen molar-refractivity contribution in [1.82, 2.24) is 4.98 Å². The SMILES string of the molecule is O=[N+]([O-])c1cnc(N2CCc3cc(F)ccc3C2)c(Cl)c1. The predicted molar refractivity (Wildman–Crippen MR) is 77.1 cm³/mol. The highest BCUT2D eigenvalue weighted by atomic mass is 35.5. The standard InChI is InChI=1S/C14H11ClFN3O2/c15-13-6-12(19(20)21)7-17-14(13)18-4-3-9-5-11(16)2-1-10(9)8-18/h1-2,5-7H,3-4,8H2. The van der Waals surface area contributed by atoms with E-state index >= 15 is 0 Å². The summed E-state index contributed by atoms with van der Waals surface area (Å²) < 4.78 is 13.2. The number of nitro groups is 1. The minimum absolute atomic E-state index is 0.136. The van der Waals surface area contributed by atoms with Crippen molar-refractivity contribution in [3.63, 3.8) is 0 Å². The molecule has 0 saturated heterocycles. The molecule has 1 aromatic heterocycles. The molecule has 0 N–H and O–H groups in total. The number of hydrogen-bond acceptors (Lipinski definition) is 4. The van der Waals surface area contributed by atoms with Gasteiger partial charge in [-0.15, -0.1) is 0 Å². The minimum Gasteiger partial charge on any atom is -0.351 e. The highest BCUT2D eigenvalue weighted by Gasteiger charge is 2.21. The van der Waals surface area contributed by atoms with Gasteiger partial charge < -0.3 is 4.90 Å².